The van der Waals surface area contributed by atoms with Crippen LogP contribution in [0.3, 0.4) is 0 Å². The number of halogens is 1. The van der Waals surface area contributed by atoms with Crippen molar-refractivity contribution in [1.29, 1.82) is 0 Å². The number of carbonyl (C=O) groups is 1. The number of piperidine rings is 1. The Kier molecular flexibility index (Phi) is 5.16. The molecule has 2 heterocycles. The predicted molar refractivity (Wildman–Crippen MR) is 106 cm³/mol. The predicted octanol–water partition coefficient (Wildman–Crippen LogP) is 3.30. The van der Waals surface area contributed by atoms with Crippen LogP contribution in [0.25, 0.3) is 0 Å². The number of hydrogen-bond donors (Lipinski definition) is 1. The van der Waals surface area contributed by atoms with Crippen molar-refractivity contribution < 1.29 is 4.79 Å². The second-order valence-corrected chi connectivity index (χ2v) is 7.82. The lowest BCUT2D eigenvalue weighted by Crippen LogP contribution is -2.52. The largest absolute Gasteiger partial charge is 0.353 e. The van der Waals surface area contributed by atoms with Gasteiger partial charge < -0.3 is 15.1 Å². The van der Waals surface area contributed by atoms with Gasteiger partial charge in [-0.1, -0.05) is 23.7 Å². The van der Waals surface area contributed by atoms with Gasteiger partial charge in [0.1, 0.15) is 0 Å². The summed E-state index contributed by atoms with van der Waals surface area (Å²) in [4.78, 5) is 16.8. The minimum Gasteiger partial charge on any atom is -0.353 e. The monoisotopic (exact) mass is 385 g/mol. The number of nitrogens with one attached hydrogen (secondary N) is 1. The fourth-order valence-corrected chi connectivity index (χ4v) is 4.03. The molecule has 2 amide bonds. The maximum atomic E-state index is 12.7. The SMILES string of the molecule is CN(C(=O)N[C@@H]1C[C@H]1c1cccc(Cl)c1)C1CCCN(c2cccnn2)C1. The highest BCUT2D eigenvalue weighted by molar-refractivity contribution is 6.30. The maximum absolute atomic E-state index is 12.7. The molecule has 7 heteroatoms. The molecule has 2 aliphatic rings. The number of anilines is 1. The summed E-state index contributed by atoms with van der Waals surface area (Å²) in [5.41, 5.74) is 1.20. The van der Waals surface area contributed by atoms with Gasteiger partial charge in [0.15, 0.2) is 5.82 Å². The van der Waals surface area contributed by atoms with Crippen LogP contribution in [0, 0.1) is 0 Å². The Morgan fingerprint density at radius 3 is 3.00 bits per heavy atom. The van der Waals surface area contributed by atoms with Crippen molar-refractivity contribution in [2.75, 3.05) is 25.0 Å². The van der Waals surface area contributed by atoms with E-state index in [1.165, 1.54) is 5.56 Å². The molecule has 2 aromatic rings. The summed E-state index contributed by atoms with van der Waals surface area (Å²) in [6, 6.07) is 12.1. The Morgan fingerprint density at radius 1 is 1.33 bits per heavy atom. The number of carbonyl (C=O) groups excluding carboxylic acids is 1. The fraction of sp³-hybridized carbons (Fsp3) is 0.450. The van der Waals surface area contributed by atoms with E-state index in [-0.39, 0.29) is 18.1 Å². The Labute approximate surface area is 164 Å². The van der Waals surface area contributed by atoms with Gasteiger partial charge in [-0.3, -0.25) is 0 Å². The van der Waals surface area contributed by atoms with Gasteiger partial charge in [-0.25, -0.2) is 4.79 Å². The Bertz CT molecular complexity index is 802. The molecule has 1 saturated heterocycles. The number of benzene rings is 1. The highest BCUT2D eigenvalue weighted by Gasteiger charge is 2.40. The van der Waals surface area contributed by atoms with Gasteiger partial charge >= 0.3 is 6.03 Å². The van der Waals surface area contributed by atoms with E-state index in [4.69, 9.17) is 11.6 Å². The van der Waals surface area contributed by atoms with E-state index >= 15 is 0 Å². The van der Waals surface area contributed by atoms with Crippen molar-refractivity contribution >= 4 is 23.4 Å². The number of rotatable bonds is 4. The average molecular weight is 386 g/mol. The first kappa shape index (κ1) is 18.0. The van der Waals surface area contributed by atoms with Crippen LogP contribution in [0.4, 0.5) is 10.6 Å². The first-order valence-electron chi connectivity index (χ1n) is 9.43. The van der Waals surface area contributed by atoms with Crippen LogP contribution < -0.4 is 10.2 Å². The molecule has 3 atom stereocenters. The molecule has 1 saturated carbocycles. The van der Waals surface area contributed by atoms with Gasteiger partial charge in [-0.05, 0) is 49.1 Å². The third-order valence-electron chi connectivity index (χ3n) is 5.52. The summed E-state index contributed by atoms with van der Waals surface area (Å²) in [6.07, 6.45) is 4.68. The summed E-state index contributed by atoms with van der Waals surface area (Å²) in [7, 11) is 1.89. The van der Waals surface area contributed by atoms with Crippen molar-refractivity contribution in [3.05, 3.63) is 53.2 Å². The molecule has 1 aromatic heterocycles. The number of nitrogens with zero attached hydrogens (tertiary/aromatic N) is 4. The van der Waals surface area contributed by atoms with Gasteiger partial charge in [0.05, 0.1) is 6.04 Å². The molecule has 27 heavy (non-hydrogen) atoms. The molecule has 1 aliphatic heterocycles. The van der Waals surface area contributed by atoms with Gasteiger partial charge in [0, 0.05) is 43.3 Å². The zero-order chi connectivity index (χ0) is 18.8. The molecule has 1 unspecified atom stereocenters. The zero-order valence-corrected chi connectivity index (χ0v) is 16.1. The van der Waals surface area contributed by atoms with E-state index in [0.717, 1.165) is 43.2 Å². The Hall–Kier alpha value is -2.34. The van der Waals surface area contributed by atoms with E-state index in [1.54, 1.807) is 6.20 Å². The molecule has 1 N–H and O–H groups in total. The van der Waals surface area contributed by atoms with Gasteiger partial charge in [0.25, 0.3) is 0 Å². The van der Waals surface area contributed by atoms with Crippen molar-refractivity contribution in [2.24, 2.45) is 0 Å². The maximum Gasteiger partial charge on any atom is 0.317 e. The van der Waals surface area contributed by atoms with Crippen LogP contribution in [-0.4, -0.2) is 53.3 Å². The summed E-state index contributed by atoms with van der Waals surface area (Å²) < 4.78 is 0. The number of likely N-dealkylation sites (N-methyl/N-ethyl adjacent to an activating group) is 1. The quantitative estimate of drug-likeness (QED) is 0.877. The Balaban J connectivity index is 1.33. The van der Waals surface area contributed by atoms with Crippen LogP contribution in [0.2, 0.25) is 5.02 Å². The highest BCUT2D eigenvalue weighted by atomic mass is 35.5. The van der Waals surface area contributed by atoms with Crippen LogP contribution in [0.5, 0.6) is 0 Å². The lowest BCUT2D eigenvalue weighted by atomic mass is 10.0. The minimum atomic E-state index is -0.00414. The molecule has 0 spiro atoms. The van der Waals surface area contributed by atoms with Crippen molar-refractivity contribution in [3.63, 3.8) is 0 Å². The van der Waals surface area contributed by atoms with Gasteiger partial charge in [0.2, 0.25) is 0 Å². The molecular weight excluding hydrogens is 362 g/mol. The van der Waals surface area contributed by atoms with E-state index in [2.05, 4.69) is 26.5 Å². The van der Waals surface area contributed by atoms with Crippen LogP contribution in [0.1, 0.15) is 30.7 Å². The molecule has 142 valence electrons. The molecule has 1 aliphatic carbocycles. The second-order valence-electron chi connectivity index (χ2n) is 7.39. The highest BCUT2D eigenvalue weighted by Crippen LogP contribution is 2.41. The second kappa shape index (κ2) is 7.72. The number of hydrogen-bond acceptors (Lipinski definition) is 4. The molecule has 2 fully saturated rings. The number of amides is 2. The summed E-state index contributed by atoms with van der Waals surface area (Å²) in [5.74, 6) is 1.24. The molecule has 6 nitrogen and oxygen atoms in total. The third-order valence-corrected chi connectivity index (χ3v) is 5.76. The lowest BCUT2D eigenvalue weighted by Gasteiger charge is -2.38. The standard InChI is InChI=1S/C20H24ClN5O/c1-25(16-7-4-10-26(13-16)19-8-3-9-22-24-19)20(27)23-18-12-17(18)14-5-2-6-15(21)11-14/h2-3,5-6,8-9,11,16-18H,4,7,10,12-13H2,1H3,(H,23,27)/t16?,17-,18+/m0/s1. The van der Waals surface area contributed by atoms with E-state index in [0.29, 0.717) is 5.92 Å². The van der Waals surface area contributed by atoms with E-state index in [9.17, 15) is 4.79 Å². The minimum absolute atomic E-state index is 0.00414. The molecule has 0 bridgehead atoms. The average Bonchev–Trinajstić information content (AvgIpc) is 3.47. The summed E-state index contributed by atoms with van der Waals surface area (Å²) in [5, 5.41) is 12.1. The van der Waals surface area contributed by atoms with Crippen LogP contribution in [-0.2, 0) is 0 Å². The molecule has 4 rings (SSSR count). The number of aromatic nitrogens is 2. The number of urea groups is 1. The smallest absolute Gasteiger partial charge is 0.317 e. The zero-order valence-electron chi connectivity index (χ0n) is 15.4. The van der Waals surface area contributed by atoms with Crippen molar-refractivity contribution in [1.82, 2.24) is 20.4 Å². The molecule has 1 aromatic carbocycles. The van der Waals surface area contributed by atoms with Crippen LogP contribution >= 0.6 is 11.6 Å². The topological polar surface area (TPSA) is 61.4 Å². The van der Waals surface area contributed by atoms with Crippen molar-refractivity contribution in [3.8, 4) is 0 Å². The van der Waals surface area contributed by atoms with E-state index in [1.807, 2.05) is 42.3 Å². The lowest BCUT2D eigenvalue weighted by molar-refractivity contribution is 0.182. The summed E-state index contributed by atoms with van der Waals surface area (Å²) in [6.45, 7) is 1.73. The van der Waals surface area contributed by atoms with Gasteiger partial charge in [-0.15, -0.1) is 5.10 Å². The summed E-state index contributed by atoms with van der Waals surface area (Å²) >= 11 is 6.08. The first-order valence-corrected chi connectivity index (χ1v) is 9.81. The normalized spacial score (nSPS) is 24.4. The first-order chi connectivity index (χ1) is 13.1. The van der Waals surface area contributed by atoms with Crippen LogP contribution in [0.15, 0.2) is 42.6 Å². The molecule has 0 radical (unpaired) electrons. The van der Waals surface area contributed by atoms with E-state index < -0.39 is 0 Å². The third kappa shape index (κ3) is 4.16. The molecular formula is C20H24ClN5O. The van der Waals surface area contributed by atoms with Crippen molar-refractivity contribution in [2.45, 2.75) is 37.3 Å². The van der Waals surface area contributed by atoms with Gasteiger partial charge in [-0.2, -0.15) is 5.10 Å². The Morgan fingerprint density at radius 2 is 2.22 bits per heavy atom. The fourth-order valence-electron chi connectivity index (χ4n) is 3.83.